The number of thiazole rings is 1. The third-order valence-corrected chi connectivity index (χ3v) is 6.02. The second kappa shape index (κ2) is 8.33. The first-order valence-corrected chi connectivity index (χ1v) is 10.4. The lowest BCUT2D eigenvalue weighted by Gasteiger charge is -2.06. The van der Waals surface area contributed by atoms with Crippen LogP contribution in [0.3, 0.4) is 0 Å². The second-order valence-corrected chi connectivity index (χ2v) is 8.23. The van der Waals surface area contributed by atoms with Gasteiger partial charge in [-0.15, -0.1) is 22.7 Å². The van der Waals surface area contributed by atoms with E-state index in [4.69, 9.17) is 0 Å². The summed E-state index contributed by atoms with van der Waals surface area (Å²) in [5.41, 5.74) is 2.38. The van der Waals surface area contributed by atoms with Gasteiger partial charge in [-0.1, -0.05) is 30.3 Å². The van der Waals surface area contributed by atoms with E-state index in [1.54, 1.807) is 23.5 Å². The smallest absolute Gasteiger partial charge is 0.284 e. The molecule has 0 aliphatic heterocycles. The number of carbonyl (C=O) groups is 2. The molecule has 0 saturated heterocycles. The van der Waals surface area contributed by atoms with Crippen molar-refractivity contribution in [1.82, 2.24) is 10.3 Å². The Hall–Kier alpha value is -3.03. The van der Waals surface area contributed by atoms with Gasteiger partial charge in [0.05, 0.1) is 23.2 Å². The van der Waals surface area contributed by atoms with Gasteiger partial charge in [0.2, 0.25) is 5.91 Å². The van der Waals surface area contributed by atoms with Crippen LogP contribution in [-0.4, -0.2) is 16.8 Å². The Morgan fingerprint density at radius 2 is 1.79 bits per heavy atom. The molecule has 0 spiro atoms. The first-order chi connectivity index (χ1) is 13.7. The zero-order valence-electron chi connectivity index (χ0n) is 14.8. The van der Waals surface area contributed by atoms with E-state index in [1.165, 1.54) is 11.3 Å². The van der Waals surface area contributed by atoms with Gasteiger partial charge in [-0.25, -0.2) is 4.98 Å². The molecule has 0 atom stereocenters. The van der Waals surface area contributed by atoms with Crippen LogP contribution >= 0.6 is 22.7 Å². The normalized spacial score (nSPS) is 10.7. The summed E-state index contributed by atoms with van der Waals surface area (Å²) in [6.45, 7) is 0.548. The molecule has 2 aromatic carbocycles. The van der Waals surface area contributed by atoms with E-state index in [0.29, 0.717) is 23.7 Å². The molecule has 4 rings (SSSR count). The zero-order chi connectivity index (χ0) is 19.3. The molecule has 28 heavy (non-hydrogen) atoms. The third kappa shape index (κ3) is 4.44. The number of para-hydroxylation sites is 1. The molecule has 0 aliphatic rings. The van der Waals surface area contributed by atoms with Crippen LogP contribution in [0.15, 0.2) is 66.0 Å². The van der Waals surface area contributed by atoms with E-state index >= 15 is 0 Å². The summed E-state index contributed by atoms with van der Waals surface area (Å²) in [5, 5.41) is 8.18. The van der Waals surface area contributed by atoms with Crippen molar-refractivity contribution in [3.8, 4) is 0 Å². The number of carbonyl (C=O) groups excluding carboxylic acids is 2. The first-order valence-electron chi connectivity index (χ1n) is 8.72. The lowest BCUT2D eigenvalue weighted by Crippen LogP contribution is -2.24. The topological polar surface area (TPSA) is 71.1 Å². The molecule has 140 valence electrons. The van der Waals surface area contributed by atoms with Crippen molar-refractivity contribution in [3.63, 3.8) is 0 Å². The van der Waals surface area contributed by atoms with E-state index in [2.05, 4.69) is 15.6 Å². The molecular weight excluding hydrogens is 390 g/mol. The number of hydrogen-bond donors (Lipinski definition) is 2. The Morgan fingerprint density at radius 1 is 0.964 bits per heavy atom. The van der Waals surface area contributed by atoms with Gasteiger partial charge in [-0.05, 0) is 41.3 Å². The second-order valence-electron chi connectivity index (χ2n) is 6.17. The van der Waals surface area contributed by atoms with E-state index in [0.717, 1.165) is 20.7 Å². The van der Waals surface area contributed by atoms with E-state index < -0.39 is 0 Å². The summed E-state index contributed by atoms with van der Waals surface area (Å²) in [5.74, 6) is -0.262. The SMILES string of the molecule is O=C(Cc1ccc(NC(=O)c2nc3ccccc3s2)cc1)NCc1cccs1. The van der Waals surface area contributed by atoms with Gasteiger partial charge < -0.3 is 10.6 Å². The van der Waals surface area contributed by atoms with Crippen LogP contribution in [0.5, 0.6) is 0 Å². The van der Waals surface area contributed by atoms with E-state index in [9.17, 15) is 9.59 Å². The molecular formula is C21H17N3O2S2. The first kappa shape index (κ1) is 18.3. The minimum atomic E-state index is -0.234. The van der Waals surface area contributed by atoms with Gasteiger partial charge >= 0.3 is 0 Å². The fourth-order valence-electron chi connectivity index (χ4n) is 2.71. The van der Waals surface area contributed by atoms with Gasteiger partial charge in [0.1, 0.15) is 0 Å². The maximum atomic E-state index is 12.4. The maximum Gasteiger partial charge on any atom is 0.284 e. The highest BCUT2D eigenvalue weighted by molar-refractivity contribution is 7.20. The highest BCUT2D eigenvalue weighted by atomic mass is 32.1. The Bertz CT molecular complexity index is 1070. The van der Waals surface area contributed by atoms with Crippen molar-refractivity contribution in [1.29, 1.82) is 0 Å². The molecule has 0 fully saturated rings. The van der Waals surface area contributed by atoms with Crippen LogP contribution in [-0.2, 0) is 17.8 Å². The molecule has 5 nitrogen and oxygen atoms in total. The quantitative estimate of drug-likeness (QED) is 0.495. The van der Waals surface area contributed by atoms with Crippen molar-refractivity contribution < 1.29 is 9.59 Å². The Labute approximate surface area is 170 Å². The number of nitrogens with one attached hydrogen (secondary N) is 2. The minimum absolute atomic E-state index is 0.0281. The summed E-state index contributed by atoms with van der Waals surface area (Å²) in [4.78, 5) is 30.0. The molecule has 0 aliphatic carbocycles. The summed E-state index contributed by atoms with van der Waals surface area (Å²) < 4.78 is 0.983. The summed E-state index contributed by atoms with van der Waals surface area (Å²) in [6.07, 6.45) is 0.303. The van der Waals surface area contributed by atoms with Crippen LogP contribution in [0.4, 0.5) is 5.69 Å². The molecule has 0 bridgehead atoms. The monoisotopic (exact) mass is 407 g/mol. The number of fused-ring (bicyclic) bond motifs is 1. The Morgan fingerprint density at radius 3 is 2.54 bits per heavy atom. The van der Waals surface area contributed by atoms with E-state index in [-0.39, 0.29) is 11.8 Å². The largest absolute Gasteiger partial charge is 0.351 e. The Balaban J connectivity index is 1.33. The molecule has 2 aromatic heterocycles. The average molecular weight is 408 g/mol. The summed E-state index contributed by atoms with van der Waals surface area (Å²) in [7, 11) is 0. The van der Waals surface area contributed by atoms with Gasteiger partial charge in [0.25, 0.3) is 5.91 Å². The Kier molecular flexibility index (Phi) is 5.45. The fraction of sp³-hybridized carbons (Fsp3) is 0.0952. The summed E-state index contributed by atoms with van der Waals surface area (Å²) >= 11 is 2.98. The number of aromatic nitrogens is 1. The van der Waals surface area contributed by atoms with Crippen LogP contribution in [0.1, 0.15) is 20.2 Å². The van der Waals surface area contributed by atoms with Gasteiger partial charge in [0.15, 0.2) is 5.01 Å². The number of nitrogens with zero attached hydrogens (tertiary/aromatic N) is 1. The third-order valence-electron chi connectivity index (χ3n) is 4.10. The van der Waals surface area contributed by atoms with Crippen LogP contribution in [0.2, 0.25) is 0 Å². The number of anilines is 1. The highest BCUT2D eigenvalue weighted by Crippen LogP contribution is 2.22. The van der Waals surface area contributed by atoms with Gasteiger partial charge in [0, 0.05) is 10.6 Å². The minimum Gasteiger partial charge on any atom is -0.351 e. The van der Waals surface area contributed by atoms with Gasteiger partial charge in [-0.2, -0.15) is 0 Å². The number of amides is 2. The number of benzene rings is 2. The molecule has 0 unspecified atom stereocenters. The van der Waals surface area contributed by atoms with Crippen molar-refractivity contribution in [3.05, 3.63) is 81.5 Å². The molecule has 2 N–H and O–H groups in total. The number of thiophene rings is 1. The summed E-state index contributed by atoms with van der Waals surface area (Å²) in [6, 6.07) is 18.9. The molecule has 2 heterocycles. The highest BCUT2D eigenvalue weighted by Gasteiger charge is 2.12. The zero-order valence-corrected chi connectivity index (χ0v) is 16.5. The predicted octanol–water partition coefficient (Wildman–Crippen LogP) is 4.47. The molecule has 0 saturated carbocycles. The lowest BCUT2D eigenvalue weighted by atomic mass is 10.1. The molecule has 7 heteroatoms. The standard InChI is InChI=1S/C21H17N3O2S2/c25-19(22-13-16-4-3-11-27-16)12-14-7-9-15(10-8-14)23-20(26)21-24-17-5-1-2-6-18(17)28-21/h1-11H,12-13H2,(H,22,25)(H,23,26). The van der Waals surface area contributed by atoms with Crippen molar-refractivity contribution >= 4 is 50.4 Å². The van der Waals surface area contributed by atoms with Crippen molar-refractivity contribution in [2.45, 2.75) is 13.0 Å². The lowest BCUT2D eigenvalue weighted by molar-refractivity contribution is -0.120. The van der Waals surface area contributed by atoms with E-state index in [1.807, 2.05) is 53.9 Å². The van der Waals surface area contributed by atoms with Crippen LogP contribution in [0.25, 0.3) is 10.2 Å². The number of rotatable bonds is 6. The van der Waals surface area contributed by atoms with Crippen LogP contribution < -0.4 is 10.6 Å². The maximum absolute atomic E-state index is 12.4. The average Bonchev–Trinajstić information content (AvgIpc) is 3.37. The fourth-order valence-corrected chi connectivity index (χ4v) is 4.21. The predicted molar refractivity (Wildman–Crippen MR) is 114 cm³/mol. The van der Waals surface area contributed by atoms with Gasteiger partial charge in [-0.3, -0.25) is 9.59 Å². The van der Waals surface area contributed by atoms with Crippen molar-refractivity contribution in [2.75, 3.05) is 5.32 Å². The van der Waals surface area contributed by atoms with Crippen molar-refractivity contribution in [2.24, 2.45) is 0 Å². The molecule has 0 radical (unpaired) electrons. The molecule has 4 aromatic rings. The molecule has 2 amide bonds. The number of hydrogen-bond acceptors (Lipinski definition) is 5. The van der Waals surface area contributed by atoms with Crippen LogP contribution in [0, 0.1) is 0 Å².